The standard InChI is InChI=1S/C16H19N3OS/c1-12-17-15(11-21-12)7-8-16(20)18-14-6-4-5-13(9-14)10-19(2)3/h4-9,11H,10H2,1-3H3,(H,18,20)/b8-7+. The Hall–Kier alpha value is -1.98. The van der Waals surface area contributed by atoms with Gasteiger partial charge in [-0.25, -0.2) is 4.98 Å². The molecule has 1 heterocycles. The van der Waals surface area contributed by atoms with Crippen molar-refractivity contribution in [3.63, 3.8) is 0 Å². The third kappa shape index (κ3) is 5.13. The van der Waals surface area contributed by atoms with E-state index in [2.05, 4.69) is 15.2 Å². The van der Waals surface area contributed by atoms with E-state index in [0.29, 0.717) is 0 Å². The summed E-state index contributed by atoms with van der Waals surface area (Å²) in [6.07, 6.45) is 3.23. The Morgan fingerprint density at radius 3 is 2.90 bits per heavy atom. The molecule has 21 heavy (non-hydrogen) atoms. The number of hydrogen-bond acceptors (Lipinski definition) is 4. The van der Waals surface area contributed by atoms with E-state index < -0.39 is 0 Å². The van der Waals surface area contributed by atoms with E-state index in [4.69, 9.17) is 0 Å². The highest BCUT2D eigenvalue weighted by Gasteiger charge is 2.01. The van der Waals surface area contributed by atoms with Gasteiger partial charge in [-0.15, -0.1) is 11.3 Å². The minimum absolute atomic E-state index is 0.150. The highest BCUT2D eigenvalue weighted by Crippen LogP contribution is 2.13. The number of aryl methyl sites for hydroxylation is 1. The maximum Gasteiger partial charge on any atom is 0.248 e. The van der Waals surface area contributed by atoms with Gasteiger partial charge >= 0.3 is 0 Å². The van der Waals surface area contributed by atoms with E-state index in [-0.39, 0.29) is 5.91 Å². The molecule has 2 aromatic rings. The van der Waals surface area contributed by atoms with Gasteiger partial charge in [0.1, 0.15) is 0 Å². The Kier molecular flexibility index (Phi) is 5.25. The van der Waals surface area contributed by atoms with Crippen LogP contribution in [-0.4, -0.2) is 29.9 Å². The van der Waals surface area contributed by atoms with Crippen molar-refractivity contribution < 1.29 is 4.79 Å². The van der Waals surface area contributed by atoms with Gasteiger partial charge < -0.3 is 10.2 Å². The second kappa shape index (κ2) is 7.15. The maximum atomic E-state index is 11.9. The Balaban J connectivity index is 1.97. The van der Waals surface area contributed by atoms with Crippen LogP contribution in [0.15, 0.2) is 35.7 Å². The smallest absolute Gasteiger partial charge is 0.248 e. The summed E-state index contributed by atoms with van der Waals surface area (Å²) in [5.74, 6) is -0.150. The molecule has 0 radical (unpaired) electrons. The van der Waals surface area contributed by atoms with Gasteiger partial charge in [0.2, 0.25) is 5.91 Å². The first kappa shape index (κ1) is 15.4. The van der Waals surface area contributed by atoms with Crippen molar-refractivity contribution in [3.8, 4) is 0 Å². The minimum atomic E-state index is -0.150. The first-order chi connectivity index (χ1) is 10.0. The number of nitrogens with zero attached hydrogens (tertiary/aromatic N) is 2. The predicted molar refractivity (Wildman–Crippen MR) is 88.3 cm³/mol. The molecule has 1 N–H and O–H groups in total. The van der Waals surface area contributed by atoms with Crippen LogP contribution < -0.4 is 5.32 Å². The molecule has 0 saturated carbocycles. The van der Waals surface area contributed by atoms with Crippen molar-refractivity contribution in [2.24, 2.45) is 0 Å². The summed E-state index contributed by atoms with van der Waals surface area (Å²) in [5, 5.41) is 5.78. The fraction of sp³-hybridized carbons (Fsp3) is 0.250. The van der Waals surface area contributed by atoms with Crippen LogP contribution in [0, 0.1) is 6.92 Å². The molecule has 5 heteroatoms. The van der Waals surface area contributed by atoms with Crippen LogP contribution in [0.4, 0.5) is 5.69 Å². The lowest BCUT2D eigenvalue weighted by Gasteiger charge is -2.10. The first-order valence-corrected chi connectivity index (χ1v) is 7.56. The second-order valence-corrected chi connectivity index (χ2v) is 6.11. The van der Waals surface area contributed by atoms with E-state index in [9.17, 15) is 4.79 Å². The average Bonchev–Trinajstić information content (AvgIpc) is 2.82. The Labute approximate surface area is 129 Å². The molecule has 110 valence electrons. The molecule has 0 fully saturated rings. The normalized spacial score (nSPS) is 11.2. The van der Waals surface area contributed by atoms with Crippen LogP contribution in [0.2, 0.25) is 0 Å². The molecule has 1 aromatic carbocycles. The predicted octanol–water partition coefficient (Wildman–Crippen LogP) is 3.17. The molecule has 0 saturated heterocycles. The zero-order chi connectivity index (χ0) is 15.2. The van der Waals surface area contributed by atoms with Gasteiger partial charge in [-0.05, 0) is 44.8 Å². The van der Waals surface area contributed by atoms with Gasteiger partial charge in [0.05, 0.1) is 10.7 Å². The number of hydrogen-bond donors (Lipinski definition) is 1. The monoisotopic (exact) mass is 301 g/mol. The summed E-state index contributed by atoms with van der Waals surface area (Å²) in [7, 11) is 4.04. The highest BCUT2D eigenvalue weighted by atomic mass is 32.1. The van der Waals surface area contributed by atoms with Crippen molar-refractivity contribution in [2.45, 2.75) is 13.5 Å². The number of anilines is 1. The molecule has 0 bridgehead atoms. The van der Waals surface area contributed by atoms with Crippen LogP contribution in [0.1, 0.15) is 16.3 Å². The number of aromatic nitrogens is 1. The SMILES string of the molecule is Cc1nc(/C=C/C(=O)Nc2cccc(CN(C)C)c2)cs1. The molecule has 0 aliphatic rings. The number of thiazole rings is 1. The lowest BCUT2D eigenvalue weighted by molar-refractivity contribution is -0.111. The van der Waals surface area contributed by atoms with Gasteiger partial charge in [0, 0.05) is 23.7 Å². The number of carbonyl (C=O) groups excluding carboxylic acids is 1. The molecule has 4 nitrogen and oxygen atoms in total. The van der Waals surface area contributed by atoms with Crippen molar-refractivity contribution in [1.82, 2.24) is 9.88 Å². The summed E-state index contributed by atoms with van der Waals surface area (Å²) in [5.41, 5.74) is 2.78. The maximum absolute atomic E-state index is 11.9. The van der Waals surface area contributed by atoms with Gasteiger partial charge in [0.25, 0.3) is 0 Å². The number of nitrogens with one attached hydrogen (secondary N) is 1. The Bertz CT molecular complexity index is 646. The molecular weight excluding hydrogens is 282 g/mol. The van der Waals surface area contributed by atoms with Gasteiger partial charge in [0.15, 0.2) is 0 Å². The molecule has 1 aromatic heterocycles. The number of rotatable bonds is 5. The molecule has 2 rings (SSSR count). The topological polar surface area (TPSA) is 45.2 Å². The number of amides is 1. The van der Waals surface area contributed by atoms with E-state index >= 15 is 0 Å². The minimum Gasteiger partial charge on any atom is -0.323 e. The van der Waals surface area contributed by atoms with Crippen LogP contribution in [0.3, 0.4) is 0 Å². The van der Waals surface area contributed by atoms with Crippen LogP contribution >= 0.6 is 11.3 Å². The van der Waals surface area contributed by atoms with Crippen molar-refractivity contribution >= 4 is 29.0 Å². The van der Waals surface area contributed by atoms with E-state index in [1.807, 2.05) is 50.7 Å². The summed E-state index contributed by atoms with van der Waals surface area (Å²) >= 11 is 1.57. The quantitative estimate of drug-likeness (QED) is 0.863. The van der Waals surface area contributed by atoms with E-state index in [0.717, 1.165) is 28.5 Å². The molecular formula is C16H19N3OS. The fourth-order valence-corrected chi connectivity index (χ4v) is 2.49. The molecule has 1 amide bonds. The van der Waals surface area contributed by atoms with Crippen LogP contribution in [0.25, 0.3) is 6.08 Å². The summed E-state index contributed by atoms with van der Waals surface area (Å²) in [4.78, 5) is 18.3. The van der Waals surface area contributed by atoms with Crippen molar-refractivity contribution in [3.05, 3.63) is 52.0 Å². The van der Waals surface area contributed by atoms with Crippen molar-refractivity contribution in [1.29, 1.82) is 0 Å². The number of benzene rings is 1. The summed E-state index contributed by atoms with van der Waals surface area (Å²) in [6.45, 7) is 2.79. The summed E-state index contributed by atoms with van der Waals surface area (Å²) in [6, 6.07) is 7.86. The largest absolute Gasteiger partial charge is 0.323 e. The van der Waals surface area contributed by atoms with Crippen molar-refractivity contribution in [2.75, 3.05) is 19.4 Å². The number of carbonyl (C=O) groups is 1. The zero-order valence-corrected chi connectivity index (χ0v) is 13.3. The lowest BCUT2D eigenvalue weighted by atomic mass is 10.2. The average molecular weight is 301 g/mol. The molecule has 0 aliphatic heterocycles. The van der Waals surface area contributed by atoms with Gasteiger partial charge in [-0.1, -0.05) is 12.1 Å². The van der Waals surface area contributed by atoms with E-state index in [1.54, 1.807) is 17.4 Å². The second-order valence-electron chi connectivity index (χ2n) is 5.05. The van der Waals surface area contributed by atoms with Crippen LogP contribution in [0.5, 0.6) is 0 Å². The molecule has 0 unspecified atom stereocenters. The zero-order valence-electron chi connectivity index (χ0n) is 12.5. The first-order valence-electron chi connectivity index (χ1n) is 6.68. The van der Waals surface area contributed by atoms with Gasteiger partial charge in [-0.3, -0.25) is 4.79 Å². The molecule has 0 aliphatic carbocycles. The highest BCUT2D eigenvalue weighted by molar-refractivity contribution is 7.09. The van der Waals surface area contributed by atoms with Gasteiger partial charge in [-0.2, -0.15) is 0 Å². The Morgan fingerprint density at radius 1 is 1.43 bits per heavy atom. The summed E-state index contributed by atoms with van der Waals surface area (Å²) < 4.78 is 0. The molecule has 0 atom stereocenters. The third-order valence-corrected chi connectivity index (χ3v) is 3.53. The van der Waals surface area contributed by atoms with Crippen LogP contribution in [-0.2, 0) is 11.3 Å². The fourth-order valence-electron chi connectivity index (χ4n) is 1.91. The van der Waals surface area contributed by atoms with E-state index in [1.165, 1.54) is 6.08 Å². The third-order valence-electron chi connectivity index (χ3n) is 2.74. The Morgan fingerprint density at radius 2 is 2.24 bits per heavy atom. The molecule has 0 spiro atoms. The lowest BCUT2D eigenvalue weighted by Crippen LogP contribution is -2.12.